The van der Waals surface area contributed by atoms with E-state index in [1.807, 2.05) is 0 Å². The van der Waals surface area contributed by atoms with Crippen molar-refractivity contribution in [2.24, 2.45) is 0 Å². The van der Waals surface area contributed by atoms with Crippen LogP contribution in [0.1, 0.15) is 17.3 Å². The fourth-order valence-corrected chi connectivity index (χ4v) is 1.68. The van der Waals surface area contributed by atoms with Gasteiger partial charge in [0.05, 0.1) is 16.6 Å². The average Bonchev–Trinajstić information content (AvgIpc) is 2.41. The van der Waals surface area contributed by atoms with Crippen LogP contribution in [0, 0.1) is 15.9 Å². The number of halogens is 1. The highest BCUT2D eigenvalue weighted by Gasteiger charge is 2.18. The van der Waals surface area contributed by atoms with Crippen LogP contribution in [0.2, 0.25) is 0 Å². The zero-order valence-corrected chi connectivity index (χ0v) is 10.5. The predicted molar refractivity (Wildman–Crippen MR) is 69.6 cm³/mol. The second-order valence-corrected chi connectivity index (χ2v) is 4.02. The lowest BCUT2D eigenvalue weighted by atomic mass is 10.1. The molecule has 0 saturated heterocycles. The lowest BCUT2D eigenvalue weighted by Gasteiger charge is -2.07. The van der Waals surface area contributed by atoms with E-state index in [4.69, 9.17) is 4.74 Å². The summed E-state index contributed by atoms with van der Waals surface area (Å²) in [6, 6.07) is 9.48. The Kier molecular flexibility index (Phi) is 3.74. The van der Waals surface area contributed by atoms with E-state index < -0.39 is 16.5 Å². The van der Waals surface area contributed by atoms with Gasteiger partial charge in [-0.2, -0.15) is 0 Å². The number of rotatable bonds is 4. The van der Waals surface area contributed by atoms with Gasteiger partial charge in [0.1, 0.15) is 5.75 Å². The molecule has 0 N–H and O–H groups in total. The topological polar surface area (TPSA) is 69.4 Å². The Morgan fingerprint density at radius 1 is 1.25 bits per heavy atom. The van der Waals surface area contributed by atoms with Crippen LogP contribution in [-0.4, -0.2) is 10.7 Å². The molecule has 5 nitrogen and oxygen atoms in total. The normalized spacial score (nSPS) is 10.1. The van der Waals surface area contributed by atoms with Crippen molar-refractivity contribution in [3.63, 3.8) is 0 Å². The van der Waals surface area contributed by atoms with Gasteiger partial charge in [0, 0.05) is 0 Å². The van der Waals surface area contributed by atoms with Crippen molar-refractivity contribution in [1.82, 2.24) is 0 Å². The Bertz CT molecular complexity index is 685. The molecule has 0 aliphatic heterocycles. The summed E-state index contributed by atoms with van der Waals surface area (Å²) < 4.78 is 18.7. The maximum Gasteiger partial charge on any atom is 0.283 e. The van der Waals surface area contributed by atoms with E-state index in [1.165, 1.54) is 37.3 Å². The third-order valence-corrected chi connectivity index (χ3v) is 2.61. The molecule has 2 aromatic rings. The van der Waals surface area contributed by atoms with Crippen molar-refractivity contribution in [1.29, 1.82) is 0 Å². The Morgan fingerprint density at radius 2 is 1.95 bits per heavy atom. The van der Waals surface area contributed by atoms with Crippen molar-refractivity contribution in [2.45, 2.75) is 6.92 Å². The van der Waals surface area contributed by atoms with Crippen LogP contribution >= 0.6 is 0 Å². The van der Waals surface area contributed by atoms with Gasteiger partial charge in [-0.25, -0.2) is 4.39 Å². The summed E-state index contributed by atoms with van der Waals surface area (Å²) in [5.41, 5.74) is -0.387. The molecule has 2 rings (SSSR count). The smallest absolute Gasteiger partial charge is 0.283 e. The number of nitro groups is 1. The molecule has 20 heavy (non-hydrogen) atoms. The fraction of sp³-hybridized carbons (Fsp3) is 0.0714. The van der Waals surface area contributed by atoms with Gasteiger partial charge >= 0.3 is 0 Å². The molecule has 0 unspecified atom stereocenters. The van der Waals surface area contributed by atoms with E-state index in [0.717, 1.165) is 6.07 Å². The number of benzene rings is 2. The lowest BCUT2D eigenvalue weighted by molar-refractivity contribution is -0.385. The molecule has 0 fully saturated rings. The molecule has 6 heteroatoms. The van der Waals surface area contributed by atoms with E-state index >= 15 is 0 Å². The molecule has 102 valence electrons. The van der Waals surface area contributed by atoms with Crippen LogP contribution in [0.3, 0.4) is 0 Å². The summed E-state index contributed by atoms with van der Waals surface area (Å²) in [4.78, 5) is 21.5. The minimum absolute atomic E-state index is 0.0177. The number of hydrogen-bond donors (Lipinski definition) is 0. The van der Waals surface area contributed by atoms with Gasteiger partial charge < -0.3 is 4.74 Å². The number of carbonyl (C=O) groups is 1. The summed E-state index contributed by atoms with van der Waals surface area (Å²) in [5.74, 6) is -0.955. The number of hydrogen-bond acceptors (Lipinski definition) is 4. The minimum atomic E-state index is -0.676. The zero-order chi connectivity index (χ0) is 14.7. The molecule has 0 spiro atoms. The second-order valence-electron chi connectivity index (χ2n) is 4.02. The van der Waals surface area contributed by atoms with Crippen LogP contribution in [0.15, 0.2) is 42.5 Å². The van der Waals surface area contributed by atoms with Crippen LogP contribution < -0.4 is 4.74 Å². The quantitative estimate of drug-likeness (QED) is 0.484. The predicted octanol–water partition coefficient (Wildman–Crippen LogP) is 3.73. The molecule has 0 atom stereocenters. The van der Waals surface area contributed by atoms with Crippen LogP contribution in [0.5, 0.6) is 11.5 Å². The van der Waals surface area contributed by atoms with Crippen LogP contribution in [0.25, 0.3) is 0 Å². The first-order valence-corrected chi connectivity index (χ1v) is 5.71. The minimum Gasteiger partial charge on any atom is -0.454 e. The first-order chi connectivity index (χ1) is 9.49. The number of nitrogens with zero attached hydrogens (tertiary/aromatic N) is 1. The molecule has 0 aliphatic carbocycles. The Balaban J connectivity index is 2.40. The third kappa shape index (κ3) is 2.80. The first-order valence-electron chi connectivity index (χ1n) is 5.71. The van der Waals surface area contributed by atoms with Crippen molar-refractivity contribution in [3.05, 3.63) is 64.0 Å². The number of Topliss-reactive ketones (excluding diaryl/α,β-unsaturated/α-hetero) is 1. The third-order valence-electron chi connectivity index (χ3n) is 2.61. The number of ether oxygens (including phenoxy) is 1. The summed E-state index contributed by atoms with van der Waals surface area (Å²) in [5, 5.41) is 10.9. The maximum absolute atomic E-state index is 13.4. The number of nitro benzene ring substituents is 1. The average molecular weight is 275 g/mol. The van der Waals surface area contributed by atoms with Gasteiger partial charge in [-0.05, 0) is 31.2 Å². The molecule has 0 bridgehead atoms. The number of carbonyl (C=O) groups excluding carboxylic acids is 1. The molecule has 2 aromatic carbocycles. The Labute approximate surface area is 113 Å². The number of para-hydroxylation sites is 1. The van der Waals surface area contributed by atoms with Crippen LogP contribution in [-0.2, 0) is 0 Å². The van der Waals surface area contributed by atoms with Crippen molar-refractivity contribution in [2.75, 3.05) is 0 Å². The molecule has 0 aliphatic rings. The molecule has 0 aromatic heterocycles. The SMILES string of the molecule is CC(=O)c1ccc(Oc2ccccc2F)cc1[N+](=O)[O-]. The highest BCUT2D eigenvalue weighted by molar-refractivity contribution is 5.98. The van der Waals surface area contributed by atoms with Gasteiger partial charge in [0.15, 0.2) is 17.3 Å². The summed E-state index contributed by atoms with van der Waals surface area (Å²) in [7, 11) is 0. The van der Waals surface area contributed by atoms with Gasteiger partial charge in [0.25, 0.3) is 5.69 Å². The van der Waals surface area contributed by atoms with E-state index in [-0.39, 0.29) is 22.7 Å². The van der Waals surface area contributed by atoms with Gasteiger partial charge in [-0.15, -0.1) is 0 Å². The number of ketones is 1. The zero-order valence-electron chi connectivity index (χ0n) is 10.5. The fourth-order valence-electron chi connectivity index (χ4n) is 1.68. The van der Waals surface area contributed by atoms with E-state index in [0.29, 0.717) is 0 Å². The monoisotopic (exact) mass is 275 g/mol. The summed E-state index contributed by atoms with van der Waals surface area (Å²) in [6.07, 6.45) is 0. The van der Waals surface area contributed by atoms with Gasteiger partial charge in [0.2, 0.25) is 0 Å². The Hall–Kier alpha value is -2.76. The molecule has 0 saturated carbocycles. The van der Waals surface area contributed by atoms with E-state index in [1.54, 1.807) is 6.07 Å². The molecule has 0 radical (unpaired) electrons. The standard InChI is InChI=1S/C14H10FNO4/c1-9(17)11-7-6-10(8-13(11)16(18)19)20-14-5-3-2-4-12(14)15/h2-8H,1H3. The van der Waals surface area contributed by atoms with E-state index in [2.05, 4.69) is 0 Å². The molecule has 0 heterocycles. The molecular formula is C14H10FNO4. The Morgan fingerprint density at radius 3 is 2.55 bits per heavy atom. The highest BCUT2D eigenvalue weighted by atomic mass is 19.1. The molecular weight excluding hydrogens is 265 g/mol. The first kappa shape index (κ1) is 13.7. The maximum atomic E-state index is 13.4. The largest absolute Gasteiger partial charge is 0.454 e. The van der Waals surface area contributed by atoms with Crippen molar-refractivity contribution >= 4 is 11.5 Å². The van der Waals surface area contributed by atoms with Gasteiger partial charge in [-0.1, -0.05) is 12.1 Å². The highest BCUT2D eigenvalue weighted by Crippen LogP contribution is 2.29. The van der Waals surface area contributed by atoms with Crippen molar-refractivity contribution in [3.8, 4) is 11.5 Å². The van der Waals surface area contributed by atoms with Crippen molar-refractivity contribution < 1.29 is 18.8 Å². The summed E-state index contributed by atoms with van der Waals surface area (Å²) >= 11 is 0. The lowest BCUT2D eigenvalue weighted by Crippen LogP contribution is -2.00. The molecule has 0 amide bonds. The van der Waals surface area contributed by atoms with Crippen LogP contribution in [0.4, 0.5) is 10.1 Å². The summed E-state index contributed by atoms with van der Waals surface area (Å²) in [6.45, 7) is 1.24. The second kappa shape index (κ2) is 5.48. The van der Waals surface area contributed by atoms with Gasteiger partial charge in [-0.3, -0.25) is 14.9 Å². The van der Waals surface area contributed by atoms with E-state index in [9.17, 15) is 19.3 Å².